The standard InChI is InChI=1S/C27H34N2O5/c1-17(2)29(15-14-23(30)31)25(32)24(27(3,4)5)28-26(33)34-16-22-20-12-8-6-10-18(20)19-11-7-9-13-21(19)22/h6-13,17,22,24H,14-16H2,1-5H3,(H,28,33)(H,30,31)/t24-/m1/s1. The first-order valence-corrected chi connectivity index (χ1v) is 11.6. The van der Waals surface area contributed by atoms with Crippen molar-refractivity contribution in [3.63, 3.8) is 0 Å². The zero-order valence-corrected chi connectivity index (χ0v) is 20.5. The van der Waals surface area contributed by atoms with Gasteiger partial charge in [0.05, 0.1) is 6.42 Å². The Kier molecular flexibility index (Phi) is 7.64. The van der Waals surface area contributed by atoms with Gasteiger partial charge < -0.3 is 20.1 Å². The molecule has 34 heavy (non-hydrogen) atoms. The van der Waals surface area contributed by atoms with Gasteiger partial charge in [-0.3, -0.25) is 9.59 Å². The van der Waals surface area contributed by atoms with E-state index in [2.05, 4.69) is 17.4 Å². The molecule has 0 saturated carbocycles. The van der Waals surface area contributed by atoms with Crippen molar-refractivity contribution >= 4 is 18.0 Å². The zero-order valence-electron chi connectivity index (χ0n) is 20.5. The van der Waals surface area contributed by atoms with E-state index in [1.807, 2.05) is 71.0 Å². The van der Waals surface area contributed by atoms with Gasteiger partial charge in [0, 0.05) is 18.5 Å². The van der Waals surface area contributed by atoms with Crippen LogP contribution in [0.25, 0.3) is 11.1 Å². The van der Waals surface area contributed by atoms with Crippen molar-refractivity contribution in [2.75, 3.05) is 13.2 Å². The molecule has 2 N–H and O–H groups in total. The molecule has 3 rings (SSSR count). The minimum Gasteiger partial charge on any atom is -0.481 e. The molecule has 0 spiro atoms. The maximum absolute atomic E-state index is 13.3. The van der Waals surface area contributed by atoms with Gasteiger partial charge in [0.2, 0.25) is 5.91 Å². The van der Waals surface area contributed by atoms with Gasteiger partial charge in [-0.2, -0.15) is 0 Å². The van der Waals surface area contributed by atoms with Crippen LogP contribution in [0.2, 0.25) is 0 Å². The van der Waals surface area contributed by atoms with Crippen LogP contribution in [0.3, 0.4) is 0 Å². The van der Waals surface area contributed by atoms with E-state index in [1.54, 1.807) is 0 Å². The molecule has 1 atom stereocenters. The fraction of sp³-hybridized carbons (Fsp3) is 0.444. The maximum Gasteiger partial charge on any atom is 0.407 e. The summed E-state index contributed by atoms with van der Waals surface area (Å²) in [5.74, 6) is -1.38. The molecule has 1 aliphatic carbocycles. The number of hydrogen-bond acceptors (Lipinski definition) is 4. The largest absolute Gasteiger partial charge is 0.481 e. The predicted molar refractivity (Wildman–Crippen MR) is 131 cm³/mol. The summed E-state index contributed by atoms with van der Waals surface area (Å²) in [5.41, 5.74) is 3.90. The number of nitrogens with zero attached hydrogens (tertiary/aromatic N) is 1. The zero-order chi connectivity index (χ0) is 25.0. The van der Waals surface area contributed by atoms with E-state index in [-0.39, 0.29) is 37.4 Å². The molecule has 182 valence electrons. The molecular formula is C27H34N2O5. The van der Waals surface area contributed by atoms with Gasteiger partial charge in [-0.05, 0) is 41.5 Å². The van der Waals surface area contributed by atoms with E-state index in [4.69, 9.17) is 9.84 Å². The first kappa shape index (κ1) is 25.3. The highest BCUT2D eigenvalue weighted by atomic mass is 16.5. The van der Waals surface area contributed by atoms with Crippen molar-refractivity contribution < 1.29 is 24.2 Å². The lowest BCUT2D eigenvalue weighted by Gasteiger charge is -2.36. The van der Waals surface area contributed by atoms with E-state index in [0.29, 0.717) is 0 Å². The van der Waals surface area contributed by atoms with E-state index in [1.165, 1.54) is 4.90 Å². The third kappa shape index (κ3) is 5.58. The summed E-state index contributed by atoms with van der Waals surface area (Å²) < 4.78 is 5.64. The smallest absolute Gasteiger partial charge is 0.407 e. The van der Waals surface area contributed by atoms with E-state index < -0.39 is 23.5 Å². The number of fused-ring (bicyclic) bond motifs is 3. The molecule has 7 heteroatoms. The molecule has 0 unspecified atom stereocenters. The number of carbonyl (C=O) groups is 3. The highest BCUT2D eigenvalue weighted by molar-refractivity contribution is 5.87. The van der Waals surface area contributed by atoms with Crippen LogP contribution in [0, 0.1) is 5.41 Å². The lowest BCUT2D eigenvalue weighted by molar-refractivity contribution is -0.141. The van der Waals surface area contributed by atoms with Crippen molar-refractivity contribution in [1.82, 2.24) is 10.2 Å². The number of rotatable bonds is 8. The fourth-order valence-electron chi connectivity index (χ4n) is 4.41. The lowest BCUT2D eigenvalue weighted by Crippen LogP contribution is -2.56. The highest BCUT2D eigenvalue weighted by Gasteiger charge is 2.37. The monoisotopic (exact) mass is 466 g/mol. The minimum atomic E-state index is -0.977. The number of carboxylic acids is 1. The van der Waals surface area contributed by atoms with Crippen LogP contribution in [0.5, 0.6) is 0 Å². The second kappa shape index (κ2) is 10.3. The van der Waals surface area contributed by atoms with Gasteiger partial charge in [-0.1, -0.05) is 69.3 Å². The molecular weight excluding hydrogens is 432 g/mol. The Labute approximate surface area is 201 Å². The fourth-order valence-corrected chi connectivity index (χ4v) is 4.41. The average Bonchev–Trinajstić information content (AvgIpc) is 3.08. The number of nitrogens with one attached hydrogen (secondary N) is 1. The summed E-state index contributed by atoms with van der Waals surface area (Å²) in [6.45, 7) is 9.45. The summed E-state index contributed by atoms with van der Waals surface area (Å²) in [6.07, 6.45) is -0.830. The number of amides is 2. The highest BCUT2D eigenvalue weighted by Crippen LogP contribution is 2.44. The molecule has 0 aliphatic heterocycles. The van der Waals surface area contributed by atoms with Crippen LogP contribution in [0.15, 0.2) is 48.5 Å². The van der Waals surface area contributed by atoms with E-state index in [0.717, 1.165) is 22.3 Å². The molecule has 2 amide bonds. The second-order valence-corrected chi connectivity index (χ2v) is 10.0. The molecule has 0 radical (unpaired) electrons. The number of benzene rings is 2. The number of hydrogen-bond donors (Lipinski definition) is 2. The predicted octanol–water partition coefficient (Wildman–Crippen LogP) is 4.65. The second-order valence-electron chi connectivity index (χ2n) is 10.0. The first-order chi connectivity index (χ1) is 16.0. The lowest BCUT2D eigenvalue weighted by atomic mass is 9.85. The van der Waals surface area contributed by atoms with Crippen LogP contribution in [0.4, 0.5) is 4.79 Å². The summed E-state index contributed by atoms with van der Waals surface area (Å²) in [7, 11) is 0. The number of carboxylic acid groups (broad SMARTS) is 1. The first-order valence-electron chi connectivity index (χ1n) is 11.6. The summed E-state index contributed by atoms with van der Waals surface area (Å²) >= 11 is 0. The van der Waals surface area contributed by atoms with Gasteiger partial charge in [0.15, 0.2) is 0 Å². The van der Waals surface area contributed by atoms with E-state index >= 15 is 0 Å². The minimum absolute atomic E-state index is 0.0742. The van der Waals surface area contributed by atoms with Crippen LogP contribution in [-0.2, 0) is 14.3 Å². The van der Waals surface area contributed by atoms with Crippen molar-refractivity contribution in [3.8, 4) is 11.1 Å². The van der Waals surface area contributed by atoms with Crippen LogP contribution in [0.1, 0.15) is 58.1 Å². The normalized spacial score (nSPS) is 13.7. The van der Waals surface area contributed by atoms with Crippen LogP contribution >= 0.6 is 0 Å². The molecule has 7 nitrogen and oxygen atoms in total. The van der Waals surface area contributed by atoms with Crippen LogP contribution < -0.4 is 5.32 Å². The number of ether oxygens (including phenoxy) is 1. The van der Waals surface area contributed by atoms with Crippen molar-refractivity contribution in [2.24, 2.45) is 5.41 Å². The molecule has 0 saturated heterocycles. The molecule has 0 aromatic heterocycles. The molecule has 0 fully saturated rings. The Hall–Kier alpha value is -3.35. The molecule has 1 aliphatic rings. The summed E-state index contributed by atoms with van der Waals surface area (Å²) in [4.78, 5) is 38.7. The topological polar surface area (TPSA) is 95.9 Å². The molecule has 2 aromatic rings. The van der Waals surface area contributed by atoms with Gasteiger partial charge in [-0.15, -0.1) is 0 Å². The third-order valence-electron chi connectivity index (χ3n) is 6.19. The average molecular weight is 467 g/mol. The summed E-state index contributed by atoms with van der Waals surface area (Å²) in [6, 6.07) is 15.1. The number of carbonyl (C=O) groups excluding carboxylic acids is 2. The SMILES string of the molecule is CC(C)N(CCC(=O)O)C(=O)[C@@H](NC(=O)OCC1c2ccccc2-c2ccccc21)C(C)(C)C. The van der Waals surface area contributed by atoms with Gasteiger partial charge in [0.25, 0.3) is 0 Å². The molecule has 0 heterocycles. The molecule has 2 aromatic carbocycles. The van der Waals surface area contributed by atoms with E-state index in [9.17, 15) is 14.4 Å². The number of aliphatic carboxylic acids is 1. The Morgan fingerprint density at radius 3 is 2.00 bits per heavy atom. The molecule has 0 bridgehead atoms. The number of alkyl carbamates (subject to hydrolysis) is 1. The third-order valence-corrected chi connectivity index (χ3v) is 6.19. The van der Waals surface area contributed by atoms with Gasteiger partial charge in [0.1, 0.15) is 12.6 Å². The van der Waals surface area contributed by atoms with Gasteiger partial charge in [-0.25, -0.2) is 4.79 Å². The van der Waals surface area contributed by atoms with Crippen molar-refractivity contribution in [2.45, 2.75) is 59.0 Å². The Bertz CT molecular complexity index is 1010. The van der Waals surface area contributed by atoms with Crippen molar-refractivity contribution in [3.05, 3.63) is 59.7 Å². The Morgan fingerprint density at radius 1 is 1.00 bits per heavy atom. The van der Waals surface area contributed by atoms with Gasteiger partial charge >= 0.3 is 12.1 Å². The quantitative estimate of drug-likeness (QED) is 0.590. The Morgan fingerprint density at radius 2 is 1.53 bits per heavy atom. The maximum atomic E-state index is 13.3. The Balaban J connectivity index is 1.73. The van der Waals surface area contributed by atoms with Crippen molar-refractivity contribution in [1.29, 1.82) is 0 Å². The summed E-state index contributed by atoms with van der Waals surface area (Å²) in [5, 5.41) is 11.8. The van der Waals surface area contributed by atoms with Crippen LogP contribution in [-0.4, -0.2) is 53.2 Å².